The normalized spacial score (nSPS) is 15.2. The number of carbonyl (C=O) groups is 1. The summed E-state index contributed by atoms with van der Waals surface area (Å²) < 4.78 is 12.9. The first-order valence-electron chi connectivity index (χ1n) is 4.33. The van der Waals surface area contributed by atoms with E-state index >= 15 is 0 Å². The van der Waals surface area contributed by atoms with Crippen molar-refractivity contribution in [3.05, 3.63) is 29.6 Å². The van der Waals surface area contributed by atoms with Crippen molar-refractivity contribution < 1.29 is 9.18 Å². The molecular weight excluding hydrogens is 183 g/mol. The molecule has 1 aromatic rings. The van der Waals surface area contributed by atoms with Crippen molar-refractivity contribution in [2.75, 3.05) is 11.4 Å². The summed E-state index contributed by atoms with van der Waals surface area (Å²) in [5.41, 5.74) is 1.07. The van der Waals surface area contributed by atoms with Crippen molar-refractivity contribution in [3.63, 3.8) is 0 Å². The minimum Gasteiger partial charge on any atom is -0.311 e. The number of hydrogen-bond donors (Lipinski definition) is 1. The molecule has 4 heteroatoms. The highest BCUT2D eigenvalue weighted by atomic mass is 19.1. The van der Waals surface area contributed by atoms with E-state index in [1.165, 1.54) is 23.1 Å². The highest BCUT2D eigenvalue weighted by molar-refractivity contribution is 6.03. The fourth-order valence-corrected chi connectivity index (χ4v) is 1.44. The second-order valence-electron chi connectivity index (χ2n) is 3.14. The third kappa shape index (κ3) is 1.28. The Kier molecular flexibility index (Phi) is 2.04. The lowest BCUT2D eigenvalue weighted by Crippen LogP contribution is -2.44. The third-order valence-corrected chi connectivity index (χ3v) is 2.29. The van der Waals surface area contributed by atoms with Crippen LogP contribution in [0.2, 0.25) is 0 Å². The van der Waals surface area contributed by atoms with Gasteiger partial charge in [0.15, 0.2) is 0 Å². The predicted octanol–water partition coefficient (Wildman–Crippen LogP) is 1.56. The van der Waals surface area contributed by atoms with Crippen LogP contribution in [0, 0.1) is 11.2 Å². The molecule has 1 aliphatic heterocycles. The summed E-state index contributed by atoms with van der Waals surface area (Å²) in [7, 11) is 0. The Morgan fingerprint density at radius 1 is 1.50 bits per heavy atom. The first kappa shape index (κ1) is 8.87. The van der Waals surface area contributed by atoms with Gasteiger partial charge in [0.05, 0.1) is 5.69 Å². The molecule has 1 aromatic carbocycles. The highest BCUT2D eigenvalue weighted by Crippen LogP contribution is 2.25. The van der Waals surface area contributed by atoms with Crippen LogP contribution in [-0.2, 0) is 4.79 Å². The molecule has 72 valence electrons. The molecule has 0 aromatic heterocycles. The molecule has 0 spiro atoms. The molecule has 0 saturated carbocycles. The Balaban J connectivity index is 2.43. The summed E-state index contributed by atoms with van der Waals surface area (Å²) in [5.74, 6) is -0.399. The molecule has 1 saturated heterocycles. The summed E-state index contributed by atoms with van der Waals surface area (Å²) in [6.07, 6.45) is 1.63. The fourth-order valence-electron chi connectivity index (χ4n) is 1.44. The quantitative estimate of drug-likeness (QED) is 0.560. The largest absolute Gasteiger partial charge is 0.311 e. The van der Waals surface area contributed by atoms with E-state index in [1.54, 1.807) is 0 Å². The zero-order chi connectivity index (χ0) is 10.1. The molecule has 1 heterocycles. The summed E-state index contributed by atoms with van der Waals surface area (Å²) >= 11 is 0. The molecule has 1 amide bonds. The monoisotopic (exact) mass is 192 g/mol. The number of benzene rings is 1. The van der Waals surface area contributed by atoms with Gasteiger partial charge in [-0.3, -0.25) is 4.79 Å². The van der Waals surface area contributed by atoms with Crippen molar-refractivity contribution in [1.82, 2.24) is 0 Å². The van der Waals surface area contributed by atoms with Crippen LogP contribution in [0.5, 0.6) is 0 Å². The van der Waals surface area contributed by atoms with Crippen LogP contribution >= 0.6 is 0 Å². The van der Waals surface area contributed by atoms with Crippen LogP contribution in [0.15, 0.2) is 18.2 Å². The van der Waals surface area contributed by atoms with E-state index in [4.69, 9.17) is 5.41 Å². The van der Waals surface area contributed by atoms with Gasteiger partial charge in [-0.25, -0.2) is 4.39 Å². The number of β-lactam (4-membered cyclic amide) rings is 1. The van der Waals surface area contributed by atoms with E-state index in [9.17, 15) is 9.18 Å². The minimum absolute atomic E-state index is 0.0151. The molecular formula is C10H9FN2O. The summed E-state index contributed by atoms with van der Waals surface area (Å²) in [5, 5.41) is 7.13. The van der Waals surface area contributed by atoms with Crippen LogP contribution in [0.3, 0.4) is 0 Å². The molecule has 0 aliphatic carbocycles. The lowest BCUT2D eigenvalue weighted by Gasteiger charge is -2.31. The fraction of sp³-hybridized carbons (Fsp3) is 0.200. The summed E-state index contributed by atoms with van der Waals surface area (Å²) in [6, 6.07) is 4.08. The Hall–Kier alpha value is -1.71. The molecule has 14 heavy (non-hydrogen) atoms. The molecule has 0 atom stereocenters. The van der Waals surface area contributed by atoms with Crippen LogP contribution < -0.4 is 4.90 Å². The van der Waals surface area contributed by atoms with Crippen molar-refractivity contribution in [2.24, 2.45) is 0 Å². The van der Waals surface area contributed by atoms with Gasteiger partial charge in [-0.1, -0.05) is 0 Å². The number of nitrogens with one attached hydrogen (secondary N) is 1. The Morgan fingerprint density at radius 3 is 2.79 bits per heavy atom. The second-order valence-corrected chi connectivity index (χ2v) is 3.14. The molecule has 1 N–H and O–H groups in total. The minimum atomic E-state index is -0.384. The molecule has 3 nitrogen and oxygen atoms in total. The molecule has 2 rings (SSSR count). The maximum absolute atomic E-state index is 12.9. The molecule has 0 unspecified atom stereocenters. The van der Waals surface area contributed by atoms with Crippen molar-refractivity contribution in [3.8, 4) is 0 Å². The first-order chi connectivity index (χ1) is 6.72. The van der Waals surface area contributed by atoms with Gasteiger partial charge in [0.1, 0.15) is 5.82 Å². The number of rotatable bonds is 2. The van der Waals surface area contributed by atoms with Gasteiger partial charge in [-0.2, -0.15) is 0 Å². The summed E-state index contributed by atoms with van der Waals surface area (Å²) in [6.45, 7) is 0.614. The van der Waals surface area contributed by atoms with E-state index in [1.807, 2.05) is 0 Å². The van der Waals surface area contributed by atoms with E-state index in [0.29, 0.717) is 24.2 Å². The van der Waals surface area contributed by atoms with Crippen LogP contribution in [0.1, 0.15) is 12.0 Å². The average Bonchev–Trinajstić information content (AvgIpc) is 2.16. The third-order valence-electron chi connectivity index (χ3n) is 2.29. The van der Waals surface area contributed by atoms with Gasteiger partial charge in [0.25, 0.3) is 0 Å². The van der Waals surface area contributed by atoms with Gasteiger partial charge < -0.3 is 10.3 Å². The van der Waals surface area contributed by atoms with Crippen molar-refractivity contribution in [2.45, 2.75) is 6.42 Å². The lowest BCUT2D eigenvalue weighted by molar-refractivity contribution is -0.122. The molecule has 1 fully saturated rings. The maximum atomic E-state index is 12.9. The Labute approximate surface area is 80.7 Å². The van der Waals surface area contributed by atoms with E-state index in [-0.39, 0.29) is 11.7 Å². The van der Waals surface area contributed by atoms with Gasteiger partial charge in [0, 0.05) is 24.7 Å². The smallest absolute Gasteiger partial charge is 0.228 e. The molecule has 0 radical (unpaired) electrons. The van der Waals surface area contributed by atoms with Crippen molar-refractivity contribution >= 4 is 17.8 Å². The zero-order valence-electron chi connectivity index (χ0n) is 7.46. The van der Waals surface area contributed by atoms with Gasteiger partial charge in [-0.15, -0.1) is 0 Å². The predicted molar refractivity (Wildman–Crippen MR) is 51.3 cm³/mol. The average molecular weight is 192 g/mol. The number of carbonyl (C=O) groups excluding carboxylic acids is 1. The van der Waals surface area contributed by atoms with E-state index in [2.05, 4.69) is 0 Å². The highest BCUT2D eigenvalue weighted by Gasteiger charge is 2.26. The topological polar surface area (TPSA) is 44.2 Å². The Morgan fingerprint density at radius 2 is 2.29 bits per heavy atom. The number of hydrogen-bond acceptors (Lipinski definition) is 2. The van der Waals surface area contributed by atoms with E-state index < -0.39 is 0 Å². The lowest BCUT2D eigenvalue weighted by atomic mass is 10.1. The number of amides is 1. The van der Waals surface area contributed by atoms with Crippen LogP contribution in [-0.4, -0.2) is 18.7 Å². The SMILES string of the molecule is N=Cc1ccc(F)cc1N1CCC1=O. The van der Waals surface area contributed by atoms with Gasteiger partial charge in [0.2, 0.25) is 5.91 Å². The Bertz CT molecular complexity index is 403. The van der Waals surface area contributed by atoms with Crippen molar-refractivity contribution in [1.29, 1.82) is 5.41 Å². The van der Waals surface area contributed by atoms with E-state index in [0.717, 1.165) is 6.21 Å². The van der Waals surface area contributed by atoms with Gasteiger partial charge >= 0.3 is 0 Å². The van der Waals surface area contributed by atoms with Crippen LogP contribution in [0.4, 0.5) is 10.1 Å². The molecule has 1 aliphatic rings. The summed E-state index contributed by atoms with van der Waals surface area (Å²) in [4.78, 5) is 12.6. The van der Waals surface area contributed by atoms with Crippen LogP contribution in [0.25, 0.3) is 0 Å². The second kappa shape index (κ2) is 3.21. The standard InChI is InChI=1S/C10H9FN2O/c11-8-2-1-7(6-12)9(5-8)13-4-3-10(13)14/h1-2,5-6,12H,3-4H2. The first-order valence-corrected chi connectivity index (χ1v) is 4.33. The zero-order valence-corrected chi connectivity index (χ0v) is 7.46. The maximum Gasteiger partial charge on any atom is 0.228 e. The molecule has 0 bridgehead atoms. The number of halogens is 1. The van der Waals surface area contributed by atoms with Gasteiger partial charge in [-0.05, 0) is 18.2 Å². The number of nitrogens with zero attached hydrogens (tertiary/aromatic N) is 1. The number of anilines is 1.